The van der Waals surface area contributed by atoms with E-state index in [4.69, 9.17) is 11.6 Å². The molecule has 1 aliphatic heterocycles. The van der Waals surface area contributed by atoms with E-state index in [1.54, 1.807) is 24.3 Å². The van der Waals surface area contributed by atoms with E-state index in [1.807, 2.05) is 17.0 Å². The van der Waals surface area contributed by atoms with Gasteiger partial charge in [0.15, 0.2) is 0 Å². The van der Waals surface area contributed by atoms with Gasteiger partial charge in [-0.3, -0.25) is 9.69 Å². The van der Waals surface area contributed by atoms with Crippen LogP contribution >= 0.6 is 11.6 Å². The summed E-state index contributed by atoms with van der Waals surface area (Å²) in [5, 5.41) is 0.636. The third kappa shape index (κ3) is 4.34. The second-order valence-electron chi connectivity index (χ2n) is 6.02. The van der Waals surface area contributed by atoms with E-state index >= 15 is 0 Å². The largest absolute Gasteiger partial charge is 0.336 e. The highest BCUT2D eigenvalue weighted by molar-refractivity contribution is 6.30. The first kappa shape index (κ1) is 16.9. The van der Waals surface area contributed by atoms with Crippen LogP contribution in [0, 0.1) is 5.82 Å². The van der Waals surface area contributed by atoms with Crippen LogP contribution in [-0.4, -0.2) is 48.4 Å². The summed E-state index contributed by atoms with van der Waals surface area (Å²) in [5.74, 6) is -0.141. The van der Waals surface area contributed by atoms with Crippen molar-refractivity contribution in [2.75, 3.05) is 32.7 Å². The molecule has 0 aliphatic carbocycles. The van der Waals surface area contributed by atoms with Crippen molar-refractivity contribution in [3.05, 3.63) is 70.5 Å². The van der Waals surface area contributed by atoms with Crippen molar-refractivity contribution < 1.29 is 9.18 Å². The van der Waals surface area contributed by atoms with Crippen molar-refractivity contribution in [1.82, 2.24) is 9.80 Å². The predicted octanol–water partition coefficient (Wildman–Crippen LogP) is 3.48. The van der Waals surface area contributed by atoms with Crippen LogP contribution in [0.2, 0.25) is 5.02 Å². The summed E-state index contributed by atoms with van der Waals surface area (Å²) in [6.07, 6.45) is 0.894. The molecular formula is C19H20ClFN2O. The first-order valence-corrected chi connectivity index (χ1v) is 8.51. The van der Waals surface area contributed by atoms with Gasteiger partial charge in [0.1, 0.15) is 5.82 Å². The average molecular weight is 347 g/mol. The molecule has 0 aromatic heterocycles. The minimum Gasteiger partial charge on any atom is -0.336 e. The molecular weight excluding hydrogens is 327 g/mol. The van der Waals surface area contributed by atoms with Crippen LogP contribution in [0.15, 0.2) is 48.5 Å². The molecule has 5 heteroatoms. The molecule has 0 radical (unpaired) electrons. The van der Waals surface area contributed by atoms with Crippen LogP contribution in [0.3, 0.4) is 0 Å². The van der Waals surface area contributed by atoms with E-state index in [2.05, 4.69) is 4.90 Å². The van der Waals surface area contributed by atoms with E-state index in [-0.39, 0.29) is 11.7 Å². The lowest BCUT2D eigenvalue weighted by Crippen LogP contribution is -2.49. The molecule has 1 amide bonds. The zero-order valence-electron chi connectivity index (χ0n) is 13.4. The van der Waals surface area contributed by atoms with E-state index < -0.39 is 0 Å². The molecule has 1 aliphatic rings. The summed E-state index contributed by atoms with van der Waals surface area (Å²) in [7, 11) is 0. The van der Waals surface area contributed by atoms with Gasteiger partial charge in [0.2, 0.25) is 0 Å². The molecule has 1 saturated heterocycles. The summed E-state index contributed by atoms with van der Waals surface area (Å²) < 4.78 is 12.9. The van der Waals surface area contributed by atoms with Crippen molar-refractivity contribution in [3.63, 3.8) is 0 Å². The Hall–Kier alpha value is -1.91. The van der Waals surface area contributed by atoms with Gasteiger partial charge in [-0.25, -0.2) is 4.39 Å². The van der Waals surface area contributed by atoms with Crippen LogP contribution in [0.1, 0.15) is 15.9 Å². The Morgan fingerprint density at radius 1 is 0.958 bits per heavy atom. The predicted molar refractivity (Wildman–Crippen MR) is 93.9 cm³/mol. The molecule has 0 atom stereocenters. The van der Waals surface area contributed by atoms with Gasteiger partial charge in [0.25, 0.3) is 5.91 Å². The smallest absolute Gasteiger partial charge is 0.253 e. The molecule has 0 unspecified atom stereocenters. The standard InChI is InChI=1S/C19H20ClFN2O/c20-17-5-3-16(4-6-17)19(24)23-13-11-22(12-14-23)10-9-15-1-7-18(21)8-2-15/h1-8H,9-14H2. The van der Waals surface area contributed by atoms with Crippen molar-refractivity contribution in [2.24, 2.45) is 0 Å². The zero-order chi connectivity index (χ0) is 16.9. The van der Waals surface area contributed by atoms with E-state index in [0.29, 0.717) is 10.6 Å². The second kappa shape index (κ2) is 7.77. The molecule has 0 N–H and O–H groups in total. The number of benzene rings is 2. The van der Waals surface area contributed by atoms with Crippen molar-refractivity contribution in [3.8, 4) is 0 Å². The van der Waals surface area contributed by atoms with Gasteiger partial charge in [-0.15, -0.1) is 0 Å². The zero-order valence-corrected chi connectivity index (χ0v) is 14.2. The fraction of sp³-hybridized carbons (Fsp3) is 0.316. The van der Waals surface area contributed by atoms with Crippen molar-refractivity contribution >= 4 is 17.5 Å². The minimum absolute atomic E-state index is 0.0600. The van der Waals surface area contributed by atoms with E-state index in [9.17, 15) is 9.18 Å². The molecule has 2 aromatic rings. The summed E-state index contributed by atoms with van der Waals surface area (Å²) in [6, 6.07) is 13.7. The lowest BCUT2D eigenvalue weighted by molar-refractivity contribution is 0.0638. The van der Waals surface area contributed by atoms with Gasteiger partial charge >= 0.3 is 0 Å². The molecule has 24 heavy (non-hydrogen) atoms. The summed E-state index contributed by atoms with van der Waals surface area (Å²) in [6.45, 7) is 4.10. The maximum atomic E-state index is 12.9. The first-order chi connectivity index (χ1) is 11.6. The molecule has 2 aromatic carbocycles. The molecule has 3 rings (SSSR count). The highest BCUT2D eigenvalue weighted by Gasteiger charge is 2.21. The average Bonchev–Trinajstić information content (AvgIpc) is 2.62. The van der Waals surface area contributed by atoms with Gasteiger partial charge in [0.05, 0.1) is 0 Å². The van der Waals surface area contributed by atoms with Crippen LogP contribution in [0.5, 0.6) is 0 Å². The Balaban J connectivity index is 1.47. The maximum Gasteiger partial charge on any atom is 0.253 e. The third-order valence-electron chi connectivity index (χ3n) is 4.38. The minimum atomic E-state index is -0.201. The molecule has 126 valence electrons. The number of amides is 1. The van der Waals surface area contributed by atoms with Crippen LogP contribution in [0.25, 0.3) is 0 Å². The van der Waals surface area contributed by atoms with E-state index in [0.717, 1.165) is 44.7 Å². The molecule has 0 saturated carbocycles. The van der Waals surface area contributed by atoms with Crippen LogP contribution < -0.4 is 0 Å². The summed E-state index contributed by atoms with van der Waals surface area (Å²) in [4.78, 5) is 16.7. The number of hydrogen-bond donors (Lipinski definition) is 0. The summed E-state index contributed by atoms with van der Waals surface area (Å²) in [5.41, 5.74) is 1.82. The lowest BCUT2D eigenvalue weighted by Gasteiger charge is -2.34. The highest BCUT2D eigenvalue weighted by atomic mass is 35.5. The Labute approximate surface area is 146 Å². The number of hydrogen-bond acceptors (Lipinski definition) is 2. The topological polar surface area (TPSA) is 23.6 Å². The maximum absolute atomic E-state index is 12.9. The van der Waals surface area contributed by atoms with Gasteiger partial charge in [0, 0.05) is 43.3 Å². The first-order valence-electron chi connectivity index (χ1n) is 8.13. The SMILES string of the molecule is O=C(c1ccc(Cl)cc1)N1CCN(CCc2ccc(F)cc2)CC1. The van der Waals surface area contributed by atoms with E-state index in [1.165, 1.54) is 12.1 Å². The fourth-order valence-electron chi connectivity index (χ4n) is 2.89. The van der Waals surface area contributed by atoms with Gasteiger partial charge in [-0.1, -0.05) is 23.7 Å². The quantitative estimate of drug-likeness (QED) is 0.846. The number of halogens is 2. The third-order valence-corrected chi connectivity index (χ3v) is 4.63. The highest BCUT2D eigenvalue weighted by Crippen LogP contribution is 2.13. The number of carbonyl (C=O) groups is 1. The fourth-order valence-corrected chi connectivity index (χ4v) is 3.01. The molecule has 3 nitrogen and oxygen atoms in total. The number of nitrogens with zero attached hydrogens (tertiary/aromatic N) is 2. The van der Waals surface area contributed by atoms with Crippen molar-refractivity contribution in [2.45, 2.75) is 6.42 Å². The Morgan fingerprint density at radius 2 is 1.58 bits per heavy atom. The van der Waals surface area contributed by atoms with Gasteiger partial charge < -0.3 is 4.90 Å². The van der Waals surface area contributed by atoms with Gasteiger partial charge in [-0.05, 0) is 48.4 Å². The normalized spacial score (nSPS) is 15.5. The Bertz CT molecular complexity index is 680. The molecule has 0 spiro atoms. The Morgan fingerprint density at radius 3 is 2.21 bits per heavy atom. The van der Waals surface area contributed by atoms with Crippen LogP contribution in [0.4, 0.5) is 4.39 Å². The molecule has 0 bridgehead atoms. The van der Waals surface area contributed by atoms with Crippen LogP contribution in [-0.2, 0) is 6.42 Å². The number of rotatable bonds is 4. The van der Waals surface area contributed by atoms with Crippen molar-refractivity contribution in [1.29, 1.82) is 0 Å². The summed E-state index contributed by atoms with van der Waals surface area (Å²) >= 11 is 5.86. The monoisotopic (exact) mass is 346 g/mol. The second-order valence-corrected chi connectivity index (χ2v) is 6.45. The Kier molecular flexibility index (Phi) is 5.48. The molecule has 1 fully saturated rings. The lowest BCUT2D eigenvalue weighted by atomic mass is 10.1. The molecule has 1 heterocycles. The van der Waals surface area contributed by atoms with Gasteiger partial charge in [-0.2, -0.15) is 0 Å². The number of carbonyl (C=O) groups excluding carboxylic acids is 1. The number of piperazine rings is 1.